The third kappa shape index (κ3) is 3.30. The van der Waals surface area contributed by atoms with Gasteiger partial charge in [-0.05, 0) is 23.3 Å². The van der Waals surface area contributed by atoms with Crippen LogP contribution in [0.4, 0.5) is 5.00 Å². The van der Waals surface area contributed by atoms with Crippen LogP contribution in [0.5, 0.6) is 0 Å². The first-order chi connectivity index (χ1) is 13.7. The molecule has 2 aliphatic heterocycles. The molecule has 0 aliphatic carbocycles. The predicted molar refractivity (Wildman–Crippen MR) is 113 cm³/mol. The maximum atomic E-state index is 12.9. The minimum Gasteiger partial charge on any atom is -0.353 e. The van der Waals surface area contributed by atoms with Crippen molar-refractivity contribution in [3.63, 3.8) is 0 Å². The molecule has 142 valence electrons. The van der Waals surface area contributed by atoms with E-state index in [4.69, 9.17) is 11.6 Å². The number of hydrogen-bond donors (Lipinski definition) is 3. The zero-order valence-corrected chi connectivity index (χ0v) is 16.9. The van der Waals surface area contributed by atoms with E-state index in [0.29, 0.717) is 5.02 Å². The van der Waals surface area contributed by atoms with Gasteiger partial charge in [-0.1, -0.05) is 54.1 Å². The summed E-state index contributed by atoms with van der Waals surface area (Å²) in [4.78, 5) is 15.8. The van der Waals surface area contributed by atoms with E-state index in [9.17, 15) is 4.79 Å². The zero-order chi connectivity index (χ0) is 19.1. The topological polar surface area (TPSA) is 45.6 Å². The molecule has 1 unspecified atom stereocenters. The van der Waals surface area contributed by atoms with Gasteiger partial charge in [0.1, 0.15) is 24.3 Å². The van der Waals surface area contributed by atoms with Crippen LogP contribution in [0.15, 0.2) is 54.6 Å². The van der Waals surface area contributed by atoms with Crippen LogP contribution in [0.2, 0.25) is 5.02 Å². The summed E-state index contributed by atoms with van der Waals surface area (Å²) >= 11 is 7.86. The number of halogens is 1. The van der Waals surface area contributed by atoms with Gasteiger partial charge >= 0.3 is 0 Å². The first-order valence-corrected chi connectivity index (χ1v) is 10.7. The van der Waals surface area contributed by atoms with E-state index >= 15 is 0 Å². The molecule has 3 heterocycles. The van der Waals surface area contributed by atoms with Gasteiger partial charge in [0.25, 0.3) is 5.91 Å². The number of carbonyl (C=O) groups is 1. The van der Waals surface area contributed by atoms with Crippen molar-refractivity contribution in [1.82, 2.24) is 5.32 Å². The maximum Gasteiger partial charge on any atom is 0.256 e. The van der Waals surface area contributed by atoms with E-state index in [1.165, 1.54) is 16.0 Å². The molecular weight excluding hydrogens is 390 g/mol. The van der Waals surface area contributed by atoms with Crippen molar-refractivity contribution in [1.29, 1.82) is 0 Å². The summed E-state index contributed by atoms with van der Waals surface area (Å²) in [5.41, 5.74) is 4.40. The number of thiophene rings is 1. The highest BCUT2D eigenvalue weighted by atomic mass is 35.5. The summed E-state index contributed by atoms with van der Waals surface area (Å²) in [6.07, 6.45) is 0.701. The number of carbonyl (C=O) groups excluding carboxylic acids is 1. The molecular formula is C22H21ClN3OS+. The summed E-state index contributed by atoms with van der Waals surface area (Å²) in [6, 6.07) is 18.2. The second-order valence-electron chi connectivity index (χ2n) is 7.40. The van der Waals surface area contributed by atoms with Gasteiger partial charge in [-0.15, -0.1) is 11.3 Å². The van der Waals surface area contributed by atoms with Crippen LogP contribution in [-0.2, 0) is 19.5 Å². The van der Waals surface area contributed by atoms with Crippen LogP contribution >= 0.6 is 22.9 Å². The lowest BCUT2D eigenvalue weighted by Gasteiger charge is -2.27. The molecule has 0 saturated carbocycles. The average molecular weight is 411 g/mol. The van der Waals surface area contributed by atoms with Gasteiger partial charge in [0.2, 0.25) is 0 Å². The molecule has 6 heteroatoms. The molecule has 2 aromatic carbocycles. The van der Waals surface area contributed by atoms with Crippen LogP contribution in [0.3, 0.4) is 0 Å². The summed E-state index contributed by atoms with van der Waals surface area (Å²) < 4.78 is 0. The van der Waals surface area contributed by atoms with E-state index in [1.54, 1.807) is 16.2 Å². The molecule has 3 aromatic rings. The van der Waals surface area contributed by atoms with Crippen LogP contribution in [0, 0.1) is 0 Å². The second-order valence-corrected chi connectivity index (χ2v) is 8.94. The van der Waals surface area contributed by atoms with Gasteiger partial charge < -0.3 is 15.5 Å². The van der Waals surface area contributed by atoms with Gasteiger partial charge in [0, 0.05) is 17.0 Å². The Morgan fingerprint density at radius 3 is 2.79 bits per heavy atom. The molecule has 2 aliphatic rings. The van der Waals surface area contributed by atoms with Crippen molar-refractivity contribution in [3.05, 3.63) is 86.8 Å². The Labute approximate surface area is 173 Å². The Morgan fingerprint density at radius 1 is 1.11 bits per heavy atom. The van der Waals surface area contributed by atoms with E-state index in [1.807, 2.05) is 24.3 Å². The Bertz CT molecular complexity index is 1030. The first-order valence-electron chi connectivity index (χ1n) is 9.52. The largest absolute Gasteiger partial charge is 0.353 e. The van der Waals surface area contributed by atoms with Gasteiger partial charge in [-0.25, -0.2) is 0 Å². The maximum absolute atomic E-state index is 12.9. The molecule has 0 spiro atoms. The number of quaternary nitrogens is 1. The second kappa shape index (κ2) is 7.24. The van der Waals surface area contributed by atoms with E-state index in [0.717, 1.165) is 42.2 Å². The van der Waals surface area contributed by atoms with Gasteiger partial charge in [0.15, 0.2) is 0 Å². The first kappa shape index (κ1) is 17.7. The number of hydrogen-bond acceptors (Lipinski definition) is 3. The van der Waals surface area contributed by atoms with E-state index in [2.05, 4.69) is 41.0 Å². The lowest BCUT2D eigenvalue weighted by Crippen LogP contribution is -3.10. The SMILES string of the molecule is O=C1N[C@H](c2cccc(Cl)c2)Nc2sc3c(c21)CC[NH+](Cc1ccccc1)C3. The highest BCUT2D eigenvalue weighted by Gasteiger charge is 2.34. The summed E-state index contributed by atoms with van der Waals surface area (Å²) in [6.45, 7) is 3.04. The molecule has 3 N–H and O–H groups in total. The van der Waals surface area contributed by atoms with Gasteiger partial charge in [0.05, 0.1) is 17.0 Å². The number of benzene rings is 2. The third-order valence-electron chi connectivity index (χ3n) is 5.49. The predicted octanol–water partition coefficient (Wildman–Crippen LogP) is 3.40. The van der Waals surface area contributed by atoms with Crippen LogP contribution in [0.25, 0.3) is 0 Å². The quantitative estimate of drug-likeness (QED) is 0.619. The molecule has 2 atom stereocenters. The summed E-state index contributed by atoms with van der Waals surface area (Å²) in [5, 5.41) is 8.26. The van der Waals surface area contributed by atoms with Crippen molar-refractivity contribution in [2.75, 3.05) is 11.9 Å². The van der Waals surface area contributed by atoms with Crippen molar-refractivity contribution in [2.24, 2.45) is 0 Å². The minimum atomic E-state index is -0.244. The molecule has 4 nitrogen and oxygen atoms in total. The van der Waals surface area contributed by atoms with E-state index < -0.39 is 0 Å². The number of anilines is 1. The molecule has 1 amide bonds. The lowest BCUT2D eigenvalue weighted by atomic mass is 10.00. The molecule has 28 heavy (non-hydrogen) atoms. The zero-order valence-electron chi connectivity index (χ0n) is 15.3. The summed E-state index contributed by atoms with van der Waals surface area (Å²) in [7, 11) is 0. The fourth-order valence-electron chi connectivity index (χ4n) is 4.14. The fourth-order valence-corrected chi connectivity index (χ4v) is 5.68. The highest BCUT2D eigenvalue weighted by Crippen LogP contribution is 2.39. The number of nitrogens with one attached hydrogen (secondary N) is 3. The van der Waals surface area contributed by atoms with E-state index in [-0.39, 0.29) is 12.1 Å². The van der Waals surface area contributed by atoms with Crippen LogP contribution in [0.1, 0.15) is 38.1 Å². The molecule has 0 saturated heterocycles. The van der Waals surface area contributed by atoms with Crippen molar-refractivity contribution in [3.8, 4) is 0 Å². The van der Waals surface area contributed by atoms with Crippen molar-refractivity contribution >= 4 is 33.8 Å². The molecule has 1 aromatic heterocycles. The summed E-state index contributed by atoms with van der Waals surface area (Å²) in [5.74, 6) is 0.0164. The average Bonchev–Trinajstić information content (AvgIpc) is 3.07. The fraction of sp³-hybridized carbons (Fsp3) is 0.227. The highest BCUT2D eigenvalue weighted by molar-refractivity contribution is 7.16. The Balaban J connectivity index is 1.39. The van der Waals surface area contributed by atoms with Crippen molar-refractivity contribution < 1.29 is 9.69 Å². The standard InChI is InChI=1S/C22H20ClN3OS/c23-16-8-4-7-15(11-16)20-24-21(27)19-17-9-10-26(12-14-5-2-1-3-6-14)13-18(17)28-22(19)25-20/h1-8,11,20,25H,9-10,12-13H2,(H,24,27)/p+1/t20-/m0/s1. The van der Waals surface area contributed by atoms with Crippen LogP contribution in [-0.4, -0.2) is 12.5 Å². The van der Waals surface area contributed by atoms with Gasteiger partial charge in [-0.2, -0.15) is 0 Å². The monoisotopic (exact) mass is 410 g/mol. The Hall–Kier alpha value is -2.34. The number of fused-ring (bicyclic) bond motifs is 3. The van der Waals surface area contributed by atoms with Crippen LogP contribution < -0.4 is 15.5 Å². The molecule has 0 radical (unpaired) electrons. The number of rotatable bonds is 3. The smallest absolute Gasteiger partial charge is 0.256 e. The normalized spacial score (nSPS) is 20.7. The van der Waals surface area contributed by atoms with Crippen molar-refractivity contribution in [2.45, 2.75) is 25.7 Å². The third-order valence-corrected chi connectivity index (χ3v) is 6.89. The lowest BCUT2D eigenvalue weighted by molar-refractivity contribution is -0.929. The Morgan fingerprint density at radius 2 is 1.96 bits per heavy atom. The number of amides is 1. The Kier molecular flexibility index (Phi) is 4.59. The van der Waals surface area contributed by atoms with Gasteiger partial charge in [-0.3, -0.25) is 4.79 Å². The molecule has 0 bridgehead atoms. The molecule has 0 fully saturated rings. The minimum absolute atomic E-state index is 0.0164. The molecule has 5 rings (SSSR count).